The Kier molecular flexibility index (Phi) is 2.99. The molecular formula is C15H16N2O2. The van der Waals surface area contributed by atoms with Crippen molar-refractivity contribution in [2.75, 3.05) is 36.5 Å². The number of furan rings is 1. The van der Waals surface area contributed by atoms with Gasteiger partial charge in [0.05, 0.1) is 24.2 Å². The quantitative estimate of drug-likeness (QED) is 0.790. The molecule has 3 rings (SSSR count). The molecule has 0 saturated heterocycles. The fourth-order valence-electron chi connectivity index (χ4n) is 2.42. The second kappa shape index (κ2) is 4.80. The van der Waals surface area contributed by atoms with E-state index in [2.05, 4.69) is 29.0 Å². The van der Waals surface area contributed by atoms with Crippen molar-refractivity contribution in [3.63, 3.8) is 0 Å². The second-order valence-corrected chi connectivity index (χ2v) is 4.73. The molecule has 0 atom stereocenters. The number of Topliss-reactive ketones (excluding diaryl/α,β-unsaturated/α-hetero) is 1. The summed E-state index contributed by atoms with van der Waals surface area (Å²) in [6.07, 6.45) is 1.53. The summed E-state index contributed by atoms with van der Waals surface area (Å²) in [7, 11) is 2.07. The number of anilines is 2. The highest BCUT2D eigenvalue weighted by atomic mass is 16.3. The van der Waals surface area contributed by atoms with Crippen LogP contribution in [0.25, 0.3) is 0 Å². The molecule has 0 amide bonds. The lowest BCUT2D eigenvalue weighted by atomic mass is 10.1. The van der Waals surface area contributed by atoms with Gasteiger partial charge in [-0.15, -0.1) is 0 Å². The van der Waals surface area contributed by atoms with E-state index >= 15 is 0 Å². The Morgan fingerprint density at radius 2 is 1.95 bits per heavy atom. The summed E-state index contributed by atoms with van der Waals surface area (Å²) in [4.78, 5) is 16.4. The van der Waals surface area contributed by atoms with E-state index in [1.165, 1.54) is 12.0 Å². The highest BCUT2D eigenvalue weighted by Gasteiger charge is 2.22. The van der Waals surface area contributed by atoms with E-state index in [9.17, 15) is 4.79 Å². The molecule has 2 aromatic rings. The van der Waals surface area contributed by atoms with Crippen LogP contribution in [0.3, 0.4) is 0 Å². The van der Waals surface area contributed by atoms with E-state index in [0.29, 0.717) is 12.3 Å². The first-order valence-corrected chi connectivity index (χ1v) is 6.37. The van der Waals surface area contributed by atoms with Crippen molar-refractivity contribution in [2.24, 2.45) is 0 Å². The number of hydrogen-bond acceptors (Lipinski definition) is 4. The maximum atomic E-state index is 12.1. The van der Waals surface area contributed by atoms with Crippen LogP contribution < -0.4 is 9.80 Å². The minimum Gasteiger partial charge on any atom is -0.461 e. The standard InChI is InChI=1S/C15H16N2O2/c1-16-8-9-17(13-6-3-2-5-12(13)16)11-14(18)15-7-4-10-19-15/h2-7,10H,8-9,11H2,1H3. The van der Waals surface area contributed by atoms with Crippen LogP contribution in [-0.4, -0.2) is 32.5 Å². The second-order valence-electron chi connectivity index (χ2n) is 4.73. The van der Waals surface area contributed by atoms with Crippen LogP contribution >= 0.6 is 0 Å². The molecule has 19 heavy (non-hydrogen) atoms. The Balaban J connectivity index is 1.83. The molecule has 4 heteroatoms. The molecule has 0 saturated carbocycles. The highest BCUT2D eigenvalue weighted by Crippen LogP contribution is 2.31. The molecule has 0 fully saturated rings. The van der Waals surface area contributed by atoms with Crippen LogP contribution in [0.5, 0.6) is 0 Å². The Morgan fingerprint density at radius 1 is 1.16 bits per heavy atom. The summed E-state index contributed by atoms with van der Waals surface area (Å²) in [6.45, 7) is 2.13. The summed E-state index contributed by atoms with van der Waals surface area (Å²) >= 11 is 0. The molecule has 2 heterocycles. The summed E-state index contributed by atoms with van der Waals surface area (Å²) in [5.41, 5.74) is 2.28. The van der Waals surface area contributed by atoms with E-state index < -0.39 is 0 Å². The topological polar surface area (TPSA) is 36.7 Å². The summed E-state index contributed by atoms with van der Waals surface area (Å²) in [5.74, 6) is 0.445. The predicted octanol–water partition coefficient (Wildman–Crippen LogP) is 2.42. The number of carbonyl (C=O) groups is 1. The van der Waals surface area contributed by atoms with Crippen LogP contribution in [0, 0.1) is 0 Å². The highest BCUT2D eigenvalue weighted by molar-refractivity contribution is 5.97. The average molecular weight is 256 g/mol. The van der Waals surface area contributed by atoms with Crippen molar-refractivity contribution in [3.8, 4) is 0 Å². The number of ketones is 1. The summed E-state index contributed by atoms with van der Waals surface area (Å²) < 4.78 is 5.16. The van der Waals surface area contributed by atoms with Crippen LogP contribution in [-0.2, 0) is 0 Å². The zero-order valence-electron chi connectivity index (χ0n) is 10.9. The molecule has 0 radical (unpaired) electrons. The Hall–Kier alpha value is -2.23. The van der Waals surface area contributed by atoms with Crippen molar-refractivity contribution in [3.05, 3.63) is 48.4 Å². The lowest BCUT2D eigenvalue weighted by Gasteiger charge is -2.36. The SMILES string of the molecule is CN1CCN(CC(=O)c2ccco2)c2ccccc21. The lowest BCUT2D eigenvalue weighted by Crippen LogP contribution is -2.41. The molecule has 0 N–H and O–H groups in total. The lowest BCUT2D eigenvalue weighted by molar-refractivity contribution is 0.0972. The van der Waals surface area contributed by atoms with Gasteiger partial charge < -0.3 is 14.2 Å². The zero-order chi connectivity index (χ0) is 13.2. The number of fused-ring (bicyclic) bond motifs is 1. The Morgan fingerprint density at radius 3 is 2.68 bits per heavy atom. The van der Waals surface area contributed by atoms with Gasteiger partial charge in [0.15, 0.2) is 5.76 Å². The van der Waals surface area contributed by atoms with Crippen LogP contribution in [0.1, 0.15) is 10.6 Å². The van der Waals surface area contributed by atoms with Gasteiger partial charge in [-0.05, 0) is 24.3 Å². The average Bonchev–Trinajstić information content (AvgIpc) is 2.96. The fraction of sp³-hybridized carbons (Fsp3) is 0.267. The van der Waals surface area contributed by atoms with Crippen LogP contribution in [0.4, 0.5) is 11.4 Å². The molecule has 0 unspecified atom stereocenters. The molecule has 1 aliphatic rings. The van der Waals surface area contributed by atoms with Crippen LogP contribution in [0.15, 0.2) is 47.1 Å². The molecule has 0 bridgehead atoms. The van der Waals surface area contributed by atoms with Gasteiger partial charge >= 0.3 is 0 Å². The summed E-state index contributed by atoms with van der Waals surface area (Å²) in [5, 5.41) is 0. The Bertz CT molecular complexity index is 578. The van der Waals surface area contributed by atoms with Gasteiger partial charge in [-0.1, -0.05) is 12.1 Å². The number of benzene rings is 1. The number of para-hydroxylation sites is 2. The first-order valence-electron chi connectivity index (χ1n) is 6.37. The number of nitrogens with zero attached hydrogens (tertiary/aromatic N) is 2. The first-order chi connectivity index (χ1) is 9.25. The molecule has 1 aromatic heterocycles. The Labute approximate surface area is 112 Å². The molecule has 4 nitrogen and oxygen atoms in total. The van der Waals surface area contributed by atoms with E-state index in [0.717, 1.165) is 18.8 Å². The van der Waals surface area contributed by atoms with Crippen molar-refractivity contribution in [2.45, 2.75) is 0 Å². The zero-order valence-corrected chi connectivity index (χ0v) is 10.9. The largest absolute Gasteiger partial charge is 0.461 e. The minimum atomic E-state index is 0.0179. The van der Waals surface area contributed by atoms with Crippen LogP contribution in [0.2, 0.25) is 0 Å². The van der Waals surface area contributed by atoms with Gasteiger partial charge in [-0.2, -0.15) is 0 Å². The first kappa shape index (κ1) is 11.8. The van der Waals surface area contributed by atoms with Gasteiger partial charge in [0.1, 0.15) is 0 Å². The molecule has 0 aliphatic carbocycles. The van der Waals surface area contributed by atoms with Crippen molar-refractivity contribution < 1.29 is 9.21 Å². The van der Waals surface area contributed by atoms with E-state index in [4.69, 9.17) is 4.42 Å². The maximum Gasteiger partial charge on any atom is 0.217 e. The van der Waals surface area contributed by atoms with Crippen molar-refractivity contribution >= 4 is 17.2 Å². The number of carbonyl (C=O) groups excluding carboxylic acids is 1. The smallest absolute Gasteiger partial charge is 0.217 e. The monoisotopic (exact) mass is 256 g/mol. The van der Waals surface area contributed by atoms with Crippen molar-refractivity contribution in [1.82, 2.24) is 0 Å². The maximum absolute atomic E-state index is 12.1. The molecule has 98 valence electrons. The fourth-order valence-corrected chi connectivity index (χ4v) is 2.42. The van der Waals surface area contributed by atoms with Gasteiger partial charge in [0, 0.05) is 20.1 Å². The third-order valence-corrected chi connectivity index (χ3v) is 3.47. The molecule has 0 spiro atoms. The van der Waals surface area contributed by atoms with E-state index in [-0.39, 0.29) is 5.78 Å². The van der Waals surface area contributed by atoms with E-state index in [1.54, 1.807) is 12.1 Å². The minimum absolute atomic E-state index is 0.0179. The van der Waals surface area contributed by atoms with E-state index in [1.807, 2.05) is 12.1 Å². The molecule has 1 aromatic carbocycles. The summed E-state index contributed by atoms with van der Waals surface area (Å²) in [6, 6.07) is 11.6. The third kappa shape index (κ3) is 2.21. The number of hydrogen-bond donors (Lipinski definition) is 0. The van der Waals surface area contributed by atoms with Crippen molar-refractivity contribution in [1.29, 1.82) is 0 Å². The predicted molar refractivity (Wildman–Crippen MR) is 75.0 cm³/mol. The number of rotatable bonds is 3. The normalized spacial score (nSPS) is 14.4. The molecular weight excluding hydrogens is 240 g/mol. The van der Waals surface area contributed by atoms with Gasteiger partial charge in [-0.25, -0.2) is 0 Å². The third-order valence-electron chi connectivity index (χ3n) is 3.47. The van der Waals surface area contributed by atoms with Gasteiger partial charge in [0.25, 0.3) is 0 Å². The van der Waals surface area contributed by atoms with Gasteiger partial charge in [0.2, 0.25) is 5.78 Å². The van der Waals surface area contributed by atoms with Gasteiger partial charge in [-0.3, -0.25) is 4.79 Å². The number of likely N-dealkylation sites (N-methyl/N-ethyl adjacent to an activating group) is 1. The molecule has 1 aliphatic heterocycles.